The van der Waals surface area contributed by atoms with Gasteiger partial charge in [-0.15, -0.1) is 0 Å². The normalized spacial score (nSPS) is 19.4. The molecule has 1 heterocycles. The van der Waals surface area contributed by atoms with Gasteiger partial charge in [-0.2, -0.15) is 0 Å². The molecule has 1 N–H and O–H groups in total. The minimum absolute atomic E-state index is 0.218. The molecule has 2 aromatic carbocycles. The van der Waals surface area contributed by atoms with E-state index >= 15 is 0 Å². The monoisotopic (exact) mass is 384 g/mol. The number of likely N-dealkylation sites (tertiary alicyclic amines) is 1. The highest BCUT2D eigenvalue weighted by Crippen LogP contribution is 2.24. The van der Waals surface area contributed by atoms with Gasteiger partial charge < -0.3 is 10.1 Å². The summed E-state index contributed by atoms with van der Waals surface area (Å²) in [5, 5.41) is 2.92. The predicted octanol–water partition coefficient (Wildman–Crippen LogP) is 2.99. The molecule has 0 aromatic heterocycles. The second-order valence-corrected chi connectivity index (χ2v) is 7.31. The van der Waals surface area contributed by atoms with Gasteiger partial charge in [-0.3, -0.25) is 14.5 Å². The fourth-order valence-electron chi connectivity index (χ4n) is 3.65. The number of rotatable bonds is 5. The molecule has 1 saturated heterocycles. The highest BCUT2D eigenvalue weighted by atomic mass is 19.1. The molecule has 28 heavy (non-hydrogen) atoms. The minimum Gasteiger partial charge on any atom is -0.468 e. The number of hydrogen-bond acceptors (Lipinski definition) is 4. The zero-order valence-corrected chi connectivity index (χ0v) is 16.4. The summed E-state index contributed by atoms with van der Waals surface area (Å²) in [5.74, 6) is -1.11. The molecule has 1 amide bonds. The van der Waals surface area contributed by atoms with Crippen molar-refractivity contribution in [3.05, 3.63) is 70.5 Å². The lowest BCUT2D eigenvalue weighted by Crippen LogP contribution is -2.38. The van der Waals surface area contributed by atoms with Crippen LogP contribution < -0.4 is 5.32 Å². The van der Waals surface area contributed by atoms with Crippen LogP contribution in [0.15, 0.2) is 42.5 Å². The fourth-order valence-corrected chi connectivity index (χ4v) is 3.65. The molecule has 1 aliphatic heterocycles. The van der Waals surface area contributed by atoms with E-state index in [0.717, 1.165) is 16.7 Å². The minimum atomic E-state index is -0.456. The van der Waals surface area contributed by atoms with Crippen LogP contribution in [-0.4, -0.2) is 42.5 Å². The Hall–Kier alpha value is -2.73. The number of nitrogens with zero attached hydrogens (tertiary/aromatic N) is 1. The average Bonchev–Trinajstić information content (AvgIpc) is 3.06. The predicted molar refractivity (Wildman–Crippen MR) is 104 cm³/mol. The third-order valence-electron chi connectivity index (χ3n) is 5.18. The van der Waals surface area contributed by atoms with Crippen LogP contribution in [0.25, 0.3) is 0 Å². The van der Waals surface area contributed by atoms with Crippen molar-refractivity contribution in [2.45, 2.75) is 38.9 Å². The van der Waals surface area contributed by atoms with Gasteiger partial charge in [0.05, 0.1) is 7.11 Å². The topological polar surface area (TPSA) is 58.6 Å². The Labute approximate surface area is 164 Å². The van der Waals surface area contributed by atoms with Crippen molar-refractivity contribution in [3.8, 4) is 0 Å². The second kappa shape index (κ2) is 8.52. The van der Waals surface area contributed by atoms with Crippen LogP contribution in [0.5, 0.6) is 0 Å². The molecule has 148 valence electrons. The van der Waals surface area contributed by atoms with Crippen molar-refractivity contribution in [2.24, 2.45) is 0 Å². The largest absolute Gasteiger partial charge is 0.468 e. The number of ether oxygens (including phenoxy) is 1. The highest BCUT2D eigenvalue weighted by molar-refractivity contribution is 5.94. The van der Waals surface area contributed by atoms with E-state index in [0.29, 0.717) is 19.5 Å². The summed E-state index contributed by atoms with van der Waals surface area (Å²) in [6, 6.07) is 11.2. The van der Waals surface area contributed by atoms with Crippen LogP contribution in [0.1, 0.15) is 33.5 Å². The molecule has 0 unspecified atom stereocenters. The Balaban J connectivity index is 1.74. The van der Waals surface area contributed by atoms with Crippen molar-refractivity contribution < 1.29 is 18.7 Å². The van der Waals surface area contributed by atoms with E-state index in [1.54, 1.807) is 6.07 Å². The van der Waals surface area contributed by atoms with Crippen molar-refractivity contribution in [3.63, 3.8) is 0 Å². The maximum Gasteiger partial charge on any atom is 0.323 e. The van der Waals surface area contributed by atoms with Crippen LogP contribution in [0.2, 0.25) is 0 Å². The van der Waals surface area contributed by atoms with Gasteiger partial charge in [0.25, 0.3) is 5.91 Å². The molecule has 5 nitrogen and oxygen atoms in total. The molecule has 2 atom stereocenters. The molecule has 0 aliphatic carbocycles. The van der Waals surface area contributed by atoms with Crippen molar-refractivity contribution in [2.75, 3.05) is 13.7 Å². The molecule has 0 radical (unpaired) electrons. The third-order valence-corrected chi connectivity index (χ3v) is 5.18. The van der Waals surface area contributed by atoms with E-state index in [1.807, 2.05) is 18.7 Å². The first-order chi connectivity index (χ1) is 13.4. The maximum absolute atomic E-state index is 13.4. The number of nitrogens with one attached hydrogen (secondary N) is 1. The number of halogens is 1. The molecule has 0 spiro atoms. The van der Waals surface area contributed by atoms with Crippen molar-refractivity contribution >= 4 is 11.9 Å². The van der Waals surface area contributed by atoms with E-state index < -0.39 is 11.9 Å². The lowest BCUT2D eigenvalue weighted by Gasteiger charge is -2.23. The first-order valence-corrected chi connectivity index (χ1v) is 9.32. The van der Waals surface area contributed by atoms with E-state index in [2.05, 4.69) is 23.5 Å². The summed E-state index contributed by atoms with van der Waals surface area (Å²) in [7, 11) is 1.37. The highest BCUT2D eigenvalue weighted by Gasteiger charge is 2.38. The fraction of sp³-hybridized carbons (Fsp3) is 0.364. The van der Waals surface area contributed by atoms with E-state index in [1.165, 1.54) is 25.3 Å². The van der Waals surface area contributed by atoms with E-state index in [-0.39, 0.29) is 23.5 Å². The van der Waals surface area contributed by atoms with Crippen LogP contribution >= 0.6 is 0 Å². The molecule has 3 rings (SSSR count). The number of benzene rings is 2. The van der Waals surface area contributed by atoms with Crippen molar-refractivity contribution in [1.29, 1.82) is 0 Å². The lowest BCUT2D eigenvalue weighted by molar-refractivity contribution is -0.146. The van der Waals surface area contributed by atoms with Gasteiger partial charge in [-0.05, 0) is 49.6 Å². The summed E-state index contributed by atoms with van der Waals surface area (Å²) >= 11 is 0. The molecule has 1 aliphatic rings. The number of hydrogen-bond donors (Lipinski definition) is 1. The van der Waals surface area contributed by atoms with Crippen LogP contribution in [0.4, 0.5) is 4.39 Å². The van der Waals surface area contributed by atoms with Gasteiger partial charge in [0.2, 0.25) is 0 Å². The number of carbonyl (C=O) groups is 2. The maximum atomic E-state index is 13.4. The molecule has 1 fully saturated rings. The number of carbonyl (C=O) groups excluding carboxylic acids is 2. The van der Waals surface area contributed by atoms with Gasteiger partial charge in [0, 0.05) is 24.7 Å². The molecule has 0 bridgehead atoms. The lowest BCUT2D eigenvalue weighted by atomic mass is 10.0. The molecule has 2 aromatic rings. The molecular formula is C22H25FN2O3. The number of esters is 1. The SMILES string of the molecule is COC(=O)[C@@H]1C[C@@H](NC(=O)c2cccc(F)c2)CN1Cc1cc(C)ccc1C. The molecule has 0 saturated carbocycles. The second-order valence-electron chi connectivity index (χ2n) is 7.31. The average molecular weight is 384 g/mol. The van der Waals surface area contributed by atoms with Gasteiger partial charge in [-0.25, -0.2) is 4.39 Å². The zero-order valence-electron chi connectivity index (χ0n) is 16.4. The number of aryl methyl sites for hydroxylation is 2. The van der Waals surface area contributed by atoms with Crippen LogP contribution in [0, 0.1) is 19.7 Å². The Morgan fingerprint density at radius 2 is 2.00 bits per heavy atom. The van der Waals surface area contributed by atoms with Gasteiger partial charge in [0.15, 0.2) is 0 Å². The zero-order chi connectivity index (χ0) is 20.3. The first-order valence-electron chi connectivity index (χ1n) is 9.32. The molecular weight excluding hydrogens is 359 g/mol. The Bertz CT molecular complexity index is 884. The summed E-state index contributed by atoms with van der Waals surface area (Å²) in [6.07, 6.45) is 0.457. The Morgan fingerprint density at radius 1 is 1.21 bits per heavy atom. The third kappa shape index (κ3) is 4.57. The summed E-state index contributed by atoms with van der Waals surface area (Å²) in [6.45, 7) is 5.20. The van der Waals surface area contributed by atoms with Gasteiger partial charge >= 0.3 is 5.97 Å². The smallest absolute Gasteiger partial charge is 0.323 e. The summed E-state index contributed by atoms with van der Waals surface area (Å²) < 4.78 is 18.3. The molecule has 6 heteroatoms. The van der Waals surface area contributed by atoms with Gasteiger partial charge in [-0.1, -0.05) is 29.8 Å². The summed E-state index contributed by atoms with van der Waals surface area (Å²) in [5.41, 5.74) is 3.72. The first kappa shape index (κ1) is 20.0. The van der Waals surface area contributed by atoms with E-state index in [4.69, 9.17) is 4.74 Å². The number of amides is 1. The summed E-state index contributed by atoms with van der Waals surface area (Å²) in [4.78, 5) is 26.8. The Kier molecular flexibility index (Phi) is 6.09. The van der Waals surface area contributed by atoms with Gasteiger partial charge in [0.1, 0.15) is 11.9 Å². The van der Waals surface area contributed by atoms with E-state index in [9.17, 15) is 14.0 Å². The van der Waals surface area contributed by atoms with Crippen LogP contribution in [0.3, 0.4) is 0 Å². The standard InChI is InChI=1S/C22H25FN2O3/c1-14-7-8-15(2)17(9-14)12-25-13-19(11-20(25)22(27)28-3)24-21(26)16-5-4-6-18(23)10-16/h4-10,19-20H,11-13H2,1-3H3,(H,24,26)/t19-,20+/m1/s1. The Morgan fingerprint density at radius 3 is 2.71 bits per heavy atom. The van der Waals surface area contributed by atoms with Crippen molar-refractivity contribution in [1.82, 2.24) is 10.2 Å². The quantitative estimate of drug-likeness (QED) is 0.806. The van der Waals surface area contributed by atoms with Crippen LogP contribution in [-0.2, 0) is 16.1 Å². The number of methoxy groups -OCH3 is 1.